The fourth-order valence-electron chi connectivity index (χ4n) is 3.80. The average molecular weight is 472 g/mol. The van der Waals surface area contributed by atoms with Gasteiger partial charge >= 0.3 is 6.18 Å². The Hall–Kier alpha value is -2.92. The van der Waals surface area contributed by atoms with E-state index in [0.717, 1.165) is 12.1 Å². The lowest BCUT2D eigenvalue weighted by atomic mass is 9.99. The van der Waals surface area contributed by atoms with E-state index >= 15 is 0 Å². The highest BCUT2D eigenvalue weighted by atomic mass is 35.5. The maximum Gasteiger partial charge on any atom is 0.416 e. The summed E-state index contributed by atoms with van der Waals surface area (Å²) in [5.74, 6) is -0.423. The van der Waals surface area contributed by atoms with E-state index in [1.165, 1.54) is 12.4 Å². The molecule has 170 valence electrons. The number of aromatic amines is 1. The molecular weight excluding hydrogens is 454 g/mol. The minimum atomic E-state index is -4.75. The number of alkyl halides is 3. The molecule has 1 aliphatic heterocycles. The summed E-state index contributed by atoms with van der Waals surface area (Å²) < 4.78 is 61.9. The number of anilines is 1. The summed E-state index contributed by atoms with van der Waals surface area (Å²) >= 11 is 6.09. The Morgan fingerprint density at radius 1 is 1.28 bits per heavy atom. The molecule has 2 aromatic heterocycles. The number of imidazole rings is 1. The minimum Gasteiger partial charge on any atom is -0.367 e. The molecule has 1 atom stereocenters. The van der Waals surface area contributed by atoms with Crippen LogP contribution in [0, 0.1) is 5.82 Å². The summed E-state index contributed by atoms with van der Waals surface area (Å²) in [4.78, 5) is 17.9. The minimum absolute atomic E-state index is 0.00597. The summed E-state index contributed by atoms with van der Waals surface area (Å²) in [6.07, 6.45) is -2.95. The van der Waals surface area contributed by atoms with Gasteiger partial charge in [0.1, 0.15) is 22.8 Å². The number of hydrogen-bond acceptors (Lipinski definition) is 5. The zero-order chi connectivity index (χ0) is 23.0. The normalized spacial score (nSPS) is 15.0. The highest BCUT2D eigenvalue weighted by molar-refractivity contribution is 6.32. The van der Waals surface area contributed by atoms with Crippen molar-refractivity contribution >= 4 is 17.3 Å². The predicted molar refractivity (Wildman–Crippen MR) is 108 cm³/mol. The van der Waals surface area contributed by atoms with Gasteiger partial charge in [0, 0.05) is 19.7 Å². The summed E-state index contributed by atoms with van der Waals surface area (Å²) in [6, 6.07) is 2.54. The van der Waals surface area contributed by atoms with Gasteiger partial charge in [0.15, 0.2) is 0 Å². The molecule has 12 heteroatoms. The van der Waals surface area contributed by atoms with Crippen LogP contribution < -0.4 is 10.5 Å². The Bertz CT molecular complexity index is 1190. The molecule has 0 radical (unpaired) electrons. The van der Waals surface area contributed by atoms with Gasteiger partial charge in [-0.15, -0.1) is 0 Å². The van der Waals surface area contributed by atoms with E-state index in [4.69, 9.17) is 16.3 Å². The lowest BCUT2D eigenvalue weighted by Crippen LogP contribution is -2.36. The maximum absolute atomic E-state index is 13.6. The molecule has 0 saturated carbocycles. The molecule has 4 rings (SSSR count). The van der Waals surface area contributed by atoms with Crippen molar-refractivity contribution in [1.29, 1.82) is 0 Å². The van der Waals surface area contributed by atoms with Crippen LogP contribution >= 0.6 is 11.6 Å². The van der Waals surface area contributed by atoms with Gasteiger partial charge in [0.25, 0.3) is 5.56 Å². The molecular formula is C20H18ClF4N5O2. The van der Waals surface area contributed by atoms with Gasteiger partial charge in [-0.3, -0.25) is 4.79 Å². The van der Waals surface area contributed by atoms with Crippen LogP contribution in [0.2, 0.25) is 5.02 Å². The zero-order valence-corrected chi connectivity index (χ0v) is 17.5. The zero-order valence-electron chi connectivity index (χ0n) is 16.8. The number of rotatable bonds is 5. The monoisotopic (exact) mass is 471 g/mol. The fraction of sp³-hybridized carbons (Fsp3) is 0.350. The molecule has 1 unspecified atom stereocenters. The Balaban J connectivity index is 1.72. The number of hydrogen-bond donors (Lipinski definition) is 1. The van der Waals surface area contributed by atoms with E-state index < -0.39 is 29.2 Å². The van der Waals surface area contributed by atoms with Crippen molar-refractivity contribution in [3.8, 4) is 0 Å². The molecule has 0 bridgehead atoms. The van der Waals surface area contributed by atoms with Gasteiger partial charge in [-0.2, -0.15) is 18.3 Å². The lowest BCUT2D eigenvalue weighted by molar-refractivity contribution is -0.139. The Labute approximate surface area is 184 Å². The van der Waals surface area contributed by atoms with Gasteiger partial charge in [-0.25, -0.2) is 14.5 Å². The third-order valence-corrected chi connectivity index (χ3v) is 5.58. The van der Waals surface area contributed by atoms with Crippen LogP contribution in [0.4, 0.5) is 23.2 Å². The smallest absolute Gasteiger partial charge is 0.367 e. The maximum atomic E-state index is 13.6. The van der Waals surface area contributed by atoms with Gasteiger partial charge in [-0.1, -0.05) is 17.7 Å². The van der Waals surface area contributed by atoms with Crippen LogP contribution in [-0.2, 0) is 24.0 Å². The van der Waals surface area contributed by atoms with Crippen LogP contribution in [0.15, 0.2) is 35.4 Å². The average Bonchev–Trinajstić information content (AvgIpc) is 3.16. The summed E-state index contributed by atoms with van der Waals surface area (Å²) in [6.45, 7) is 2.84. The van der Waals surface area contributed by atoms with E-state index in [2.05, 4.69) is 15.2 Å². The number of fused-ring (bicyclic) bond motifs is 1. The number of nitrogens with one attached hydrogen (secondary N) is 1. The van der Waals surface area contributed by atoms with Gasteiger partial charge < -0.3 is 14.2 Å². The molecule has 0 saturated heterocycles. The number of aromatic nitrogens is 4. The number of benzene rings is 1. The third-order valence-electron chi connectivity index (χ3n) is 5.22. The fourth-order valence-corrected chi connectivity index (χ4v) is 4.01. The number of nitrogens with zero attached hydrogens (tertiary/aromatic N) is 4. The molecule has 0 spiro atoms. The van der Waals surface area contributed by atoms with Crippen molar-refractivity contribution in [3.05, 3.63) is 74.4 Å². The molecule has 3 heterocycles. The molecule has 3 aromatic rings. The van der Waals surface area contributed by atoms with Crippen molar-refractivity contribution in [3.63, 3.8) is 0 Å². The summed E-state index contributed by atoms with van der Waals surface area (Å²) in [5, 5.41) is 6.01. The second kappa shape index (κ2) is 8.55. The van der Waals surface area contributed by atoms with Gasteiger partial charge in [0.2, 0.25) is 0 Å². The largest absolute Gasteiger partial charge is 0.416 e. The predicted octanol–water partition coefficient (Wildman–Crippen LogP) is 3.92. The lowest BCUT2D eigenvalue weighted by Gasteiger charge is -2.31. The van der Waals surface area contributed by atoms with Crippen molar-refractivity contribution in [1.82, 2.24) is 19.7 Å². The van der Waals surface area contributed by atoms with Crippen molar-refractivity contribution in [2.75, 3.05) is 18.1 Å². The molecule has 1 aromatic carbocycles. The standard InChI is InChI=1S/C20H18ClF4N5O2/c1-2-32-18(12-4-3-11(22)7-13(12)20(23,24)25)15-8-26-16-10-29(5-6-30(15)16)14-9-27-28-19(31)17(14)21/h3-4,7-9,18H,2,5-6,10H2,1H3,(H,28,31). The van der Waals surface area contributed by atoms with E-state index in [-0.39, 0.29) is 23.7 Å². The summed E-state index contributed by atoms with van der Waals surface area (Å²) in [7, 11) is 0. The van der Waals surface area contributed by atoms with E-state index in [1.54, 1.807) is 11.5 Å². The molecule has 7 nitrogen and oxygen atoms in total. The molecule has 32 heavy (non-hydrogen) atoms. The van der Waals surface area contributed by atoms with Crippen LogP contribution in [-0.4, -0.2) is 32.9 Å². The Morgan fingerprint density at radius 3 is 2.78 bits per heavy atom. The Morgan fingerprint density at radius 2 is 2.06 bits per heavy atom. The first-order chi connectivity index (χ1) is 15.2. The summed E-state index contributed by atoms with van der Waals surface area (Å²) in [5.41, 5.74) is -0.941. The first-order valence-electron chi connectivity index (χ1n) is 9.71. The quantitative estimate of drug-likeness (QED) is 0.571. The van der Waals surface area contributed by atoms with Gasteiger partial charge in [0.05, 0.1) is 35.9 Å². The van der Waals surface area contributed by atoms with Crippen LogP contribution in [0.5, 0.6) is 0 Å². The SMILES string of the molecule is CCOC(c1ccc(F)cc1C(F)(F)F)c1cnc2n1CCN(c1cn[nH]c(=O)c1Cl)C2. The molecule has 1 aliphatic rings. The second-order valence-electron chi connectivity index (χ2n) is 7.14. The first kappa shape index (κ1) is 22.3. The van der Waals surface area contributed by atoms with Crippen LogP contribution in [0.3, 0.4) is 0 Å². The second-order valence-corrected chi connectivity index (χ2v) is 7.51. The number of H-pyrrole nitrogens is 1. The Kier molecular flexibility index (Phi) is 5.95. The van der Waals surface area contributed by atoms with Crippen molar-refractivity contribution in [2.24, 2.45) is 0 Å². The number of ether oxygens (including phenoxy) is 1. The molecule has 0 fully saturated rings. The van der Waals surface area contributed by atoms with Crippen molar-refractivity contribution in [2.45, 2.75) is 32.3 Å². The highest BCUT2D eigenvalue weighted by Crippen LogP contribution is 2.39. The number of halogens is 5. The van der Waals surface area contributed by atoms with Crippen molar-refractivity contribution < 1.29 is 22.3 Å². The van der Waals surface area contributed by atoms with Gasteiger partial charge in [-0.05, 0) is 24.6 Å². The topological polar surface area (TPSA) is 76.0 Å². The molecule has 0 aliphatic carbocycles. The molecule has 0 amide bonds. The van der Waals surface area contributed by atoms with E-state index in [9.17, 15) is 22.4 Å². The van der Waals surface area contributed by atoms with E-state index in [0.29, 0.717) is 36.4 Å². The van der Waals surface area contributed by atoms with Crippen LogP contribution in [0.25, 0.3) is 0 Å². The third kappa shape index (κ3) is 4.09. The van der Waals surface area contributed by atoms with Crippen LogP contribution in [0.1, 0.15) is 35.7 Å². The molecule has 1 N–H and O–H groups in total. The first-order valence-corrected chi connectivity index (χ1v) is 10.1. The van der Waals surface area contributed by atoms with E-state index in [1.807, 2.05) is 4.90 Å². The highest BCUT2D eigenvalue weighted by Gasteiger charge is 2.37.